The van der Waals surface area contributed by atoms with Gasteiger partial charge in [0, 0.05) is 13.7 Å². The van der Waals surface area contributed by atoms with E-state index < -0.39 is 22.0 Å². The highest BCUT2D eigenvalue weighted by atomic mass is 32.2. The lowest BCUT2D eigenvalue weighted by Crippen LogP contribution is -2.45. The number of aliphatic hydroxyl groups excluding tert-OH is 1. The van der Waals surface area contributed by atoms with Crippen molar-refractivity contribution in [2.75, 3.05) is 31.8 Å². The van der Waals surface area contributed by atoms with Crippen LogP contribution in [0.2, 0.25) is 0 Å². The van der Waals surface area contributed by atoms with Crippen LogP contribution in [0, 0.1) is 0 Å². The zero-order chi connectivity index (χ0) is 14.5. The molecule has 7 heteroatoms. The summed E-state index contributed by atoms with van der Waals surface area (Å²) in [5.41, 5.74) is 0. The van der Waals surface area contributed by atoms with Gasteiger partial charge in [-0.3, -0.25) is 4.79 Å². The molecule has 19 heavy (non-hydrogen) atoms. The minimum Gasteiger partial charge on any atom is -0.390 e. The molecule has 0 aromatic heterocycles. The van der Waals surface area contributed by atoms with Gasteiger partial charge in [-0.05, 0) is 6.42 Å². The van der Waals surface area contributed by atoms with Gasteiger partial charge in [0.1, 0.15) is 6.61 Å². The summed E-state index contributed by atoms with van der Waals surface area (Å²) in [5, 5.41) is 9.67. The van der Waals surface area contributed by atoms with Crippen LogP contribution >= 0.6 is 0 Å². The zero-order valence-electron chi connectivity index (χ0n) is 11.5. The molecule has 0 spiro atoms. The van der Waals surface area contributed by atoms with Crippen molar-refractivity contribution in [3.8, 4) is 0 Å². The normalized spacial score (nSPS) is 25.4. The molecular formula is C12H23NO5S. The quantitative estimate of drug-likeness (QED) is 0.658. The molecule has 1 heterocycles. The molecule has 1 fully saturated rings. The van der Waals surface area contributed by atoms with Gasteiger partial charge in [0.05, 0.1) is 23.7 Å². The van der Waals surface area contributed by atoms with Gasteiger partial charge in [-0.15, -0.1) is 0 Å². The molecule has 0 radical (unpaired) electrons. The number of hydrogen-bond donors (Lipinski definition) is 1. The molecule has 1 aliphatic rings. The lowest BCUT2D eigenvalue weighted by molar-refractivity contribution is -0.138. The maximum atomic E-state index is 11.8. The molecule has 0 bridgehead atoms. The van der Waals surface area contributed by atoms with Crippen molar-refractivity contribution < 1.29 is 23.1 Å². The number of carbonyl (C=O) groups is 1. The summed E-state index contributed by atoms with van der Waals surface area (Å²) in [4.78, 5) is 13.1. The summed E-state index contributed by atoms with van der Waals surface area (Å²) in [6.45, 7) is 2.54. The number of nitrogens with zero attached hydrogens (tertiary/aromatic N) is 1. The predicted molar refractivity (Wildman–Crippen MR) is 71.6 cm³/mol. The Bertz CT molecular complexity index is 395. The van der Waals surface area contributed by atoms with E-state index in [-0.39, 0.29) is 24.0 Å². The molecule has 1 rings (SSSR count). The Morgan fingerprint density at radius 3 is 2.58 bits per heavy atom. The van der Waals surface area contributed by atoms with Gasteiger partial charge in [0.25, 0.3) is 0 Å². The molecule has 112 valence electrons. The number of sulfone groups is 1. The average Bonchev–Trinajstić information content (AvgIpc) is 2.61. The van der Waals surface area contributed by atoms with Crippen LogP contribution in [0.15, 0.2) is 0 Å². The second-order valence-electron chi connectivity index (χ2n) is 4.98. The second-order valence-corrected chi connectivity index (χ2v) is 7.13. The van der Waals surface area contributed by atoms with Crippen molar-refractivity contribution in [2.24, 2.45) is 0 Å². The maximum Gasteiger partial charge on any atom is 0.248 e. The molecule has 0 saturated carbocycles. The number of rotatable bonds is 7. The van der Waals surface area contributed by atoms with Crippen molar-refractivity contribution >= 4 is 15.7 Å². The Balaban J connectivity index is 2.36. The van der Waals surface area contributed by atoms with E-state index in [0.29, 0.717) is 6.61 Å². The summed E-state index contributed by atoms with van der Waals surface area (Å²) < 4.78 is 28.0. The predicted octanol–water partition coefficient (Wildman–Crippen LogP) is -0.190. The third-order valence-electron chi connectivity index (χ3n) is 3.30. The third kappa shape index (κ3) is 5.08. The minimum absolute atomic E-state index is 0.0660. The topological polar surface area (TPSA) is 83.9 Å². The molecule has 0 aromatic carbocycles. The van der Waals surface area contributed by atoms with E-state index in [2.05, 4.69) is 6.92 Å². The molecule has 1 saturated heterocycles. The number of ether oxygens (including phenoxy) is 1. The maximum absolute atomic E-state index is 11.8. The number of amides is 1. The van der Waals surface area contributed by atoms with Crippen LogP contribution in [0.3, 0.4) is 0 Å². The fourth-order valence-electron chi connectivity index (χ4n) is 2.08. The highest BCUT2D eigenvalue weighted by molar-refractivity contribution is 7.91. The van der Waals surface area contributed by atoms with Crippen molar-refractivity contribution in [1.29, 1.82) is 0 Å². The smallest absolute Gasteiger partial charge is 0.248 e. The Morgan fingerprint density at radius 1 is 1.37 bits per heavy atom. The monoisotopic (exact) mass is 293 g/mol. The van der Waals surface area contributed by atoms with Gasteiger partial charge in [0.2, 0.25) is 5.91 Å². The van der Waals surface area contributed by atoms with Gasteiger partial charge < -0.3 is 14.7 Å². The van der Waals surface area contributed by atoms with E-state index in [0.717, 1.165) is 19.3 Å². The first-order valence-corrected chi connectivity index (χ1v) is 8.41. The minimum atomic E-state index is -3.24. The molecule has 1 N–H and O–H groups in total. The molecule has 2 atom stereocenters. The number of carbonyl (C=O) groups excluding carboxylic acids is 1. The van der Waals surface area contributed by atoms with Crippen molar-refractivity contribution in [1.82, 2.24) is 4.90 Å². The van der Waals surface area contributed by atoms with E-state index in [9.17, 15) is 18.3 Å². The van der Waals surface area contributed by atoms with Crippen LogP contribution in [0.25, 0.3) is 0 Å². The van der Waals surface area contributed by atoms with Gasteiger partial charge in [-0.2, -0.15) is 0 Å². The zero-order valence-corrected chi connectivity index (χ0v) is 12.4. The lowest BCUT2D eigenvalue weighted by atomic mass is 10.2. The summed E-state index contributed by atoms with van der Waals surface area (Å²) in [5.74, 6) is -0.739. The van der Waals surface area contributed by atoms with Crippen molar-refractivity contribution in [3.63, 3.8) is 0 Å². The average molecular weight is 293 g/mol. The van der Waals surface area contributed by atoms with Crippen LogP contribution in [0.4, 0.5) is 0 Å². The highest BCUT2D eigenvalue weighted by Crippen LogP contribution is 2.17. The van der Waals surface area contributed by atoms with E-state index in [1.807, 2.05) is 0 Å². The molecule has 1 aliphatic heterocycles. The van der Waals surface area contributed by atoms with Crippen LogP contribution in [-0.2, 0) is 19.4 Å². The fourth-order valence-corrected chi connectivity index (χ4v) is 3.93. The van der Waals surface area contributed by atoms with Gasteiger partial charge in [-0.1, -0.05) is 19.8 Å². The molecule has 6 nitrogen and oxygen atoms in total. The first kappa shape index (κ1) is 16.4. The van der Waals surface area contributed by atoms with Crippen LogP contribution in [0.1, 0.15) is 26.2 Å². The number of unbranched alkanes of at least 4 members (excludes halogenated alkanes) is 2. The van der Waals surface area contributed by atoms with Crippen LogP contribution in [0.5, 0.6) is 0 Å². The molecular weight excluding hydrogens is 270 g/mol. The number of hydrogen-bond acceptors (Lipinski definition) is 5. The molecule has 0 aliphatic carbocycles. The van der Waals surface area contributed by atoms with E-state index >= 15 is 0 Å². The number of likely N-dealkylation sites (N-methyl/N-ethyl adjacent to an activating group) is 1. The Labute approximate surface area is 114 Å². The first-order valence-electron chi connectivity index (χ1n) is 6.59. The lowest BCUT2D eigenvalue weighted by Gasteiger charge is -2.25. The van der Waals surface area contributed by atoms with Gasteiger partial charge >= 0.3 is 0 Å². The van der Waals surface area contributed by atoms with Crippen LogP contribution in [-0.4, -0.2) is 68.2 Å². The summed E-state index contributed by atoms with van der Waals surface area (Å²) in [7, 11) is -1.73. The van der Waals surface area contributed by atoms with Gasteiger partial charge in [0.15, 0.2) is 9.84 Å². The fraction of sp³-hybridized carbons (Fsp3) is 0.917. The molecule has 0 unspecified atom stereocenters. The van der Waals surface area contributed by atoms with Crippen molar-refractivity contribution in [2.45, 2.75) is 38.3 Å². The van der Waals surface area contributed by atoms with Gasteiger partial charge in [-0.25, -0.2) is 8.42 Å². The summed E-state index contributed by atoms with van der Waals surface area (Å²) in [6, 6.07) is -0.656. The molecule has 1 amide bonds. The van der Waals surface area contributed by atoms with E-state index in [1.165, 1.54) is 11.9 Å². The Morgan fingerprint density at radius 2 is 2.05 bits per heavy atom. The van der Waals surface area contributed by atoms with Crippen LogP contribution < -0.4 is 0 Å². The highest BCUT2D eigenvalue weighted by Gasteiger charge is 2.40. The Hall–Kier alpha value is -0.660. The number of aliphatic hydroxyl groups is 1. The largest absolute Gasteiger partial charge is 0.390 e. The summed E-state index contributed by atoms with van der Waals surface area (Å²) in [6.07, 6.45) is 2.06. The van der Waals surface area contributed by atoms with E-state index in [4.69, 9.17) is 4.74 Å². The second kappa shape index (κ2) is 7.21. The SMILES string of the molecule is CCCCCOCC(=O)N(C)[C@@H]1CS(=O)(=O)C[C@H]1O. The summed E-state index contributed by atoms with van der Waals surface area (Å²) >= 11 is 0. The Kier molecular flexibility index (Phi) is 6.22. The standard InChI is InChI=1S/C12H23NO5S/c1-3-4-5-6-18-7-12(15)13(2)10-8-19(16,17)9-11(10)14/h10-11,14H,3-9H2,1-2H3/t10-,11-/m1/s1. The van der Waals surface area contributed by atoms with E-state index in [1.54, 1.807) is 0 Å². The molecule has 0 aromatic rings. The third-order valence-corrected chi connectivity index (χ3v) is 5.00. The first-order chi connectivity index (χ1) is 8.87. The van der Waals surface area contributed by atoms with Crippen molar-refractivity contribution in [3.05, 3.63) is 0 Å².